The van der Waals surface area contributed by atoms with Gasteiger partial charge in [0.05, 0.1) is 12.1 Å². The molecule has 0 spiro atoms. The number of hydrogen-bond acceptors (Lipinski definition) is 3. The molecule has 0 aliphatic rings. The number of carboxylic acid groups (broad SMARTS) is 1. The monoisotopic (exact) mass is 232 g/mol. The Morgan fingerprint density at radius 1 is 1.44 bits per heavy atom. The van der Waals surface area contributed by atoms with Gasteiger partial charge >= 0.3 is 12.0 Å². The number of amides is 2. The first-order valence-electron chi connectivity index (χ1n) is 5.14. The van der Waals surface area contributed by atoms with Gasteiger partial charge in [-0.25, -0.2) is 9.59 Å². The fraction of sp³-hybridized carbons (Fsp3) is 0.800. The van der Waals surface area contributed by atoms with E-state index < -0.39 is 23.6 Å². The van der Waals surface area contributed by atoms with Crippen LogP contribution in [0.2, 0.25) is 0 Å². The third-order valence-electron chi connectivity index (χ3n) is 2.60. The van der Waals surface area contributed by atoms with E-state index in [0.717, 1.165) is 0 Å². The molecule has 94 valence electrons. The van der Waals surface area contributed by atoms with Gasteiger partial charge in [0.25, 0.3) is 0 Å². The minimum atomic E-state index is -1.06. The van der Waals surface area contributed by atoms with Crippen molar-refractivity contribution in [1.29, 1.82) is 0 Å². The molecule has 0 heterocycles. The average Bonchev–Trinajstić information content (AvgIpc) is 2.23. The second kappa shape index (κ2) is 5.69. The number of nitrogens with zero attached hydrogens (tertiary/aromatic N) is 1. The molecule has 0 aliphatic carbocycles. The molecule has 0 saturated carbocycles. The lowest BCUT2D eigenvalue weighted by Gasteiger charge is -2.34. The molecule has 6 nitrogen and oxygen atoms in total. The highest BCUT2D eigenvalue weighted by molar-refractivity contribution is 5.82. The average molecular weight is 232 g/mol. The van der Waals surface area contributed by atoms with Crippen LogP contribution in [0.1, 0.15) is 27.2 Å². The van der Waals surface area contributed by atoms with Crippen LogP contribution in [0, 0.1) is 0 Å². The summed E-state index contributed by atoms with van der Waals surface area (Å²) in [6.07, 6.45) is 0.314. The molecule has 0 aliphatic heterocycles. The molecule has 1 atom stereocenters. The highest BCUT2D eigenvalue weighted by atomic mass is 16.4. The summed E-state index contributed by atoms with van der Waals surface area (Å²) in [6.45, 7) is 4.86. The number of hydrogen-bond donors (Lipinski definition) is 3. The van der Waals surface area contributed by atoms with E-state index >= 15 is 0 Å². The zero-order chi connectivity index (χ0) is 12.9. The maximum absolute atomic E-state index is 11.7. The van der Waals surface area contributed by atoms with Gasteiger partial charge in [-0.3, -0.25) is 0 Å². The fourth-order valence-electron chi connectivity index (χ4n) is 0.965. The van der Waals surface area contributed by atoms with Gasteiger partial charge in [-0.05, 0) is 20.3 Å². The molecule has 0 fully saturated rings. The number of likely N-dealkylation sites (N-methyl/N-ethyl adjacent to an activating group) is 1. The third kappa shape index (κ3) is 3.69. The number of nitrogens with one attached hydrogen (secondary N) is 1. The Labute approximate surface area is 95.2 Å². The van der Waals surface area contributed by atoms with Crippen molar-refractivity contribution in [2.45, 2.75) is 38.8 Å². The van der Waals surface area contributed by atoms with Crippen molar-refractivity contribution in [3.8, 4) is 0 Å². The second-order valence-corrected chi connectivity index (χ2v) is 4.28. The van der Waals surface area contributed by atoms with Crippen LogP contribution in [0.3, 0.4) is 0 Å². The zero-order valence-corrected chi connectivity index (χ0v) is 10.1. The van der Waals surface area contributed by atoms with Gasteiger partial charge in [-0.15, -0.1) is 0 Å². The van der Waals surface area contributed by atoms with Gasteiger partial charge in [0, 0.05) is 7.05 Å². The van der Waals surface area contributed by atoms with Gasteiger partial charge in [0.2, 0.25) is 0 Å². The SMILES string of the molecule is CCC(NC(=O)N(C)C(C)(C)CO)C(=O)O. The van der Waals surface area contributed by atoms with Crippen molar-refractivity contribution in [2.75, 3.05) is 13.7 Å². The van der Waals surface area contributed by atoms with Crippen LogP contribution in [0.4, 0.5) is 4.79 Å². The molecule has 0 radical (unpaired) electrons. The summed E-state index contributed by atoms with van der Waals surface area (Å²) < 4.78 is 0. The molecule has 0 aromatic rings. The number of carbonyl (C=O) groups excluding carboxylic acids is 1. The quantitative estimate of drug-likeness (QED) is 0.634. The molecule has 16 heavy (non-hydrogen) atoms. The maximum Gasteiger partial charge on any atom is 0.326 e. The maximum atomic E-state index is 11.7. The Balaban J connectivity index is 4.52. The number of carboxylic acids is 1. The predicted molar refractivity (Wildman–Crippen MR) is 59.2 cm³/mol. The van der Waals surface area contributed by atoms with Gasteiger partial charge in [0.15, 0.2) is 0 Å². The standard InChI is InChI=1S/C10H20N2O4/c1-5-7(8(14)15)11-9(16)12(4)10(2,3)6-13/h7,13H,5-6H2,1-4H3,(H,11,16)(H,14,15). The van der Waals surface area contributed by atoms with Crippen LogP contribution in [0.25, 0.3) is 0 Å². The molecule has 1 unspecified atom stereocenters. The van der Waals surface area contributed by atoms with Crippen molar-refractivity contribution in [3.05, 3.63) is 0 Å². The van der Waals surface area contributed by atoms with Crippen molar-refractivity contribution < 1.29 is 19.8 Å². The van der Waals surface area contributed by atoms with Crippen LogP contribution in [0.5, 0.6) is 0 Å². The summed E-state index contributed by atoms with van der Waals surface area (Å²) in [5.41, 5.74) is -0.721. The van der Waals surface area contributed by atoms with E-state index in [2.05, 4.69) is 5.32 Å². The van der Waals surface area contributed by atoms with E-state index in [-0.39, 0.29) is 6.61 Å². The Morgan fingerprint density at radius 3 is 2.25 bits per heavy atom. The van der Waals surface area contributed by atoms with Crippen LogP contribution < -0.4 is 5.32 Å². The number of aliphatic carboxylic acids is 1. The number of carbonyl (C=O) groups is 2. The molecule has 6 heteroatoms. The van der Waals surface area contributed by atoms with Crippen LogP contribution in [-0.4, -0.2) is 52.3 Å². The fourth-order valence-corrected chi connectivity index (χ4v) is 0.965. The summed E-state index contributed by atoms with van der Waals surface area (Å²) >= 11 is 0. The Kier molecular flexibility index (Phi) is 5.23. The molecular weight excluding hydrogens is 212 g/mol. The molecule has 0 bridgehead atoms. The second-order valence-electron chi connectivity index (χ2n) is 4.28. The first-order valence-corrected chi connectivity index (χ1v) is 5.14. The van der Waals surface area contributed by atoms with Gasteiger partial charge in [0.1, 0.15) is 6.04 Å². The number of rotatable bonds is 5. The van der Waals surface area contributed by atoms with Crippen molar-refractivity contribution in [3.63, 3.8) is 0 Å². The molecule has 0 aromatic carbocycles. The summed E-state index contributed by atoms with van der Waals surface area (Å²) in [6, 6.07) is -1.40. The Hall–Kier alpha value is -1.30. The lowest BCUT2D eigenvalue weighted by atomic mass is 10.1. The van der Waals surface area contributed by atoms with E-state index in [1.54, 1.807) is 20.8 Å². The Morgan fingerprint density at radius 2 is 1.94 bits per heavy atom. The molecule has 2 amide bonds. The highest BCUT2D eigenvalue weighted by Gasteiger charge is 2.29. The first-order chi connectivity index (χ1) is 7.26. The van der Waals surface area contributed by atoms with Crippen LogP contribution >= 0.6 is 0 Å². The van der Waals surface area contributed by atoms with Gasteiger partial charge < -0.3 is 20.4 Å². The largest absolute Gasteiger partial charge is 0.480 e. The normalized spacial score (nSPS) is 13.1. The molecule has 0 saturated heterocycles. The minimum Gasteiger partial charge on any atom is -0.480 e. The minimum absolute atomic E-state index is 0.194. The first kappa shape index (κ1) is 14.7. The van der Waals surface area contributed by atoms with Gasteiger partial charge in [-0.1, -0.05) is 6.92 Å². The van der Waals surface area contributed by atoms with Crippen molar-refractivity contribution in [1.82, 2.24) is 10.2 Å². The summed E-state index contributed by atoms with van der Waals surface area (Å²) in [5.74, 6) is -1.06. The summed E-state index contributed by atoms with van der Waals surface area (Å²) in [7, 11) is 1.51. The topological polar surface area (TPSA) is 89.9 Å². The summed E-state index contributed by atoms with van der Waals surface area (Å²) in [4.78, 5) is 23.7. The zero-order valence-electron chi connectivity index (χ0n) is 10.1. The van der Waals surface area contributed by atoms with Gasteiger partial charge in [-0.2, -0.15) is 0 Å². The number of aliphatic hydroxyl groups excluding tert-OH is 1. The summed E-state index contributed by atoms with van der Waals surface area (Å²) in [5, 5.41) is 20.2. The van der Waals surface area contributed by atoms with Crippen LogP contribution in [-0.2, 0) is 4.79 Å². The van der Waals surface area contributed by atoms with E-state index in [4.69, 9.17) is 10.2 Å². The molecular formula is C10H20N2O4. The number of urea groups is 1. The van der Waals surface area contributed by atoms with E-state index in [0.29, 0.717) is 6.42 Å². The molecule has 0 rings (SSSR count). The predicted octanol–water partition coefficient (Wildman–Crippen LogP) is 0.262. The van der Waals surface area contributed by atoms with Crippen molar-refractivity contribution in [2.24, 2.45) is 0 Å². The smallest absolute Gasteiger partial charge is 0.326 e. The number of aliphatic hydroxyl groups is 1. The molecule has 3 N–H and O–H groups in total. The Bertz CT molecular complexity index is 266. The van der Waals surface area contributed by atoms with E-state index in [9.17, 15) is 9.59 Å². The molecule has 0 aromatic heterocycles. The lowest BCUT2D eigenvalue weighted by molar-refractivity contribution is -0.139. The van der Waals surface area contributed by atoms with E-state index in [1.165, 1.54) is 11.9 Å². The highest BCUT2D eigenvalue weighted by Crippen LogP contribution is 2.11. The van der Waals surface area contributed by atoms with Crippen LogP contribution in [0.15, 0.2) is 0 Å². The lowest BCUT2D eigenvalue weighted by Crippen LogP contribution is -2.54. The van der Waals surface area contributed by atoms with E-state index in [1.807, 2.05) is 0 Å². The van der Waals surface area contributed by atoms with Crippen molar-refractivity contribution >= 4 is 12.0 Å². The third-order valence-corrected chi connectivity index (χ3v) is 2.60.